The minimum Gasteiger partial charge on any atom is -0.493 e. The Balaban J connectivity index is 0.000000232. The van der Waals surface area contributed by atoms with Crippen molar-refractivity contribution in [1.82, 2.24) is 9.97 Å². The maximum absolute atomic E-state index is 13.0. The summed E-state index contributed by atoms with van der Waals surface area (Å²) in [4.78, 5) is 35.1. The van der Waals surface area contributed by atoms with Crippen molar-refractivity contribution < 1.29 is 55.6 Å². The molecule has 0 saturated carbocycles. The number of carbonyl (C=O) groups is 2. The van der Waals surface area contributed by atoms with E-state index in [1.54, 1.807) is 29.6 Å². The van der Waals surface area contributed by atoms with Gasteiger partial charge in [0.05, 0.1) is 29.1 Å². The molecule has 8 nitrogen and oxygen atoms in total. The van der Waals surface area contributed by atoms with Gasteiger partial charge in [-0.15, -0.1) is 46.2 Å². The van der Waals surface area contributed by atoms with E-state index in [2.05, 4.69) is 4.98 Å². The average molecular weight is 1030 g/mol. The van der Waals surface area contributed by atoms with Crippen LogP contribution in [0.3, 0.4) is 0 Å². The van der Waals surface area contributed by atoms with Crippen LogP contribution in [0.4, 0.5) is 26.3 Å². The van der Waals surface area contributed by atoms with E-state index in [0.717, 1.165) is 84.1 Å². The standard InChI is InChI=1S/C28H24F3NO3S3.C23H22F3NO3S/c1-18-15-22(11-12-24(18)35-16-26(33)34)36-14-13-25-23(17-37-21-5-3-2-4-6-21)32-27(38-25)19-7-9-20(10-8-19)28(29,30)31;1-14-13-19(9-5-16(14)6-10-21(28)29)30-12-11-20-15(2)27-22(31-20)17-3-7-18(8-4-17)23(24,25)26/h2-12,15H,13-14,16-17H2,1H3,(H,33,34);3-5,7-9,13H,6,10-12H2,1-2H3,(H,28,29). The van der Waals surface area contributed by atoms with Crippen LogP contribution in [0.2, 0.25) is 0 Å². The lowest BCUT2D eigenvalue weighted by Crippen LogP contribution is -2.10. The van der Waals surface area contributed by atoms with Crippen LogP contribution >= 0.6 is 46.2 Å². The van der Waals surface area contributed by atoms with E-state index in [9.17, 15) is 35.9 Å². The topological polar surface area (TPSA) is 119 Å². The highest BCUT2D eigenvalue weighted by Crippen LogP contribution is 2.37. The van der Waals surface area contributed by atoms with Crippen molar-refractivity contribution in [2.24, 2.45) is 0 Å². The number of aryl methyl sites for hydroxylation is 5. The van der Waals surface area contributed by atoms with Gasteiger partial charge in [-0.2, -0.15) is 26.3 Å². The molecule has 0 aliphatic carbocycles. The van der Waals surface area contributed by atoms with Gasteiger partial charge in [-0.05, 0) is 117 Å². The number of thiazole rings is 2. The maximum Gasteiger partial charge on any atom is 0.416 e. The van der Waals surface area contributed by atoms with Gasteiger partial charge in [0.25, 0.3) is 0 Å². The third kappa shape index (κ3) is 15.9. The Morgan fingerprint density at radius 1 is 0.623 bits per heavy atom. The number of benzene rings is 5. The first-order chi connectivity index (χ1) is 32.8. The number of thioether (sulfide) groups is 2. The van der Waals surface area contributed by atoms with Gasteiger partial charge >= 0.3 is 24.3 Å². The summed E-state index contributed by atoms with van der Waals surface area (Å²) in [5.74, 6) is 0.851. The highest BCUT2D eigenvalue weighted by Gasteiger charge is 2.31. The molecule has 7 aromatic rings. The van der Waals surface area contributed by atoms with Gasteiger partial charge in [0.15, 0.2) is 6.61 Å². The largest absolute Gasteiger partial charge is 0.493 e. The molecule has 362 valence electrons. The summed E-state index contributed by atoms with van der Waals surface area (Å²) >= 11 is 6.31. The molecule has 0 spiro atoms. The molecule has 0 aliphatic heterocycles. The highest BCUT2D eigenvalue weighted by molar-refractivity contribution is 7.99. The molecule has 0 unspecified atom stereocenters. The first-order valence-corrected chi connectivity index (χ1v) is 24.9. The lowest BCUT2D eigenvalue weighted by atomic mass is 10.0. The Morgan fingerprint density at radius 2 is 1.25 bits per heavy atom. The van der Waals surface area contributed by atoms with E-state index in [4.69, 9.17) is 24.7 Å². The number of carboxylic acid groups (broad SMARTS) is 2. The summed E-state index contributed by atoms with van der Waals surface area (Å²) in [6.45, 7) is 5.72. The van der Waals surface area contributed by atoms with E-state index < -0.39 is 35.4 Å². The second-order valence-electron chi connectivity index (χ2n) is 15.5. The van der Waals surface area contributed by atoms with Crippen molar-refractivity contribution in [2.45, 2.75) is 74.4 Å². The number of alkyl halides is 6. The predicted molar refractivity (Wildman–Crippen MR) is 261 cm³/mol. The number of aromatic nitrogens is 2. The molecular formula is C51H46F6N2O6S4. The van der Waals surface area contributed by atoms with Crippen LogP contribution in [0.15, 0.2) is 125 Å². The van der Waals surface area contributed by atoms with Crippen LogP contribution in [0.25, 0.3) is 21.1 Å². The molecule has 0 fully saturated rings. The van der Waals surface area contributed by atoms with Crippen molar-refractivity contribution in [1.29, 1.82) is 0 Å². The SMILES string of the molecule is Cc1cc(OCCc2sc(-c3ccc(C(F)(F)F)cc3)nc2C)ccc1CCC(=O)O.Cc1cc(SCCc2sc(-c3ccc(C(F)(F)F)cc3)nc2CSc2ccccc2)ccc1OCC(=O)O. The van der Waals surface area contributed by atoms with Crippen LogP contribution in [0.1, 0.15) is 55.4 Å². The smallest absolute Gasteiger partial charge is 0.416 e. The van der Waals surface area contributed by atoms with Gasteiger partial charge in [-0.3, -0.25) is 4.79 Å². The van der Waals surface area contributed by atoms with Crippen LogP contribution in [-0.2, 0) is 47.0 Å². The fourth-order valence-corrected chi connectivity index (χ4v) is 10.9. The number of nitrogens with zero attached hydrogens (tertiary/aromatic N) is 2. The third-order valence-corrected chi connectivity index (χ3v) is 14.8. The maximum atomic E-state index is 13.0. The quantitative estimate of drug-likeness (QED) is 0.0599. The van der Waals surface area contributed by atoms with Crippen molar-refractivity contribution >= 4 is 58.1 Å². The number of hydrogen-bond donors (Lipinski definition) is 2. The molecule has 7 rings (SSSR count). The molecule has 2 N–H and O–H groups in total. The lowest BCUT2D eigenvalue weighted by molar-refractivity contribution is -0.139. The minimum atomic E-state index is -4.37. The first-order valence-electron chi connectivity index (χ1n) is 21.3. The van der Waals surface area contributed by atoms with Gasteiger partial charge < -0.3 is 19.7 Å². The summed E-state index contributed by atoms with van der Waals surface area (Å²) in [6, 6.07) is 31.4. The van der Waals surface area contributed by atoms with Gasteiger partial charge in [0.1, 0.15) is 21.5 Å². The minimum absolute atomic E-state index is 0.0902. The number of aliphatic carboxylic acids is 2. The van der Waals surface area contributed by atoms with Crippen LogP contribution in [0, 0.1) is 20.8 Å². The van der Waals surface area contributed by atoms with Gasteiger partial charge in [-0.25, -0.2) is 14.8 Å². The zero-order chi connectivity index (χ0) is 49.7. The van der Waals surface area contributed by atoms with Crippen molar-refractivity contribution in [2.75, 3.05) is 19.0 Å². The molecular weight excluding hydrogens is 979 g/mol. The van der Waals surface area contributed by atoms with Crippen molar-refractivity contribution in [3.05, 3.63) is 164 Å². The van der Waals surface area contributed by atoms with Crippen molar-refractivity contribution in [3.63, 3.8) is 0 Å². The molecule has 18 heteroatoms. The summed E-state index contributed by atoms with van der Waals surface area (Å²) in [5, 5.41) is 19.0. The number of carboxylic acids is 2. The molecule has 2 aromatic heterocycles. The van der Waals surface area contributed by atoms with Crippen LogP contribution in [0.5, 0.6) is 11.5 Å². The zero-order valence-corrected chi connectivity index (χ0v) is 40.7. The van der Waals surface area contributed by atoms with Gasteiger partial charge in [0.2, 0.25) is 0 Å². The molecule has 2 heterocycles. The van der Waals surface area contributed by atoms with Crippen LogP contribution in [-0.4, -0.2) is 51.1 Å². The molecule has 0 amide bonds. The zero-order valence-electron chi connectivity index (χ0n) is 37.4. The Labute approximate surface area is 411 Å². The molecule has 0 bridgehead atoms. The number of hydrogen-bond acceptors (Lipinski definition) is 10. The van der Waals surface area contributed by atoms with E-state index in [-0.39, 0.29) is 13.0 Å². The van der Waals surface area contributed by atoms with E-state index >= 15 is 0 Å². The molecule has 0 aliphatic rings. The number of rotatable bonds is 19. The second kappa shape index (κ2) is 24.1. The summed E-state index contributed by atoms with van der Waals surface area (Å²) in [7, 11) is 0. The highest BCUT2D eigenvalue weighted by atomic mass is 32.2. The predicted octanol–water partition coefficient (Wildman–Crippen LogP) is 14.3. The van der Waals surface area contributed by atoms with Crippen LogP contribution < -0.4 is 9.47 Å². The first kappa shape index (κ1) is 52.5. The van der Waals surface area contributed by atoms with E-state index in [1.165, 1.54) is 46.9 Å². The average Bonchev–Trinajstić information content (AvgIpc) is 3.90. The summed E-state index contributed by atoms with van der Waals surface area (Å²) in [6.07, 6.45) is -6.78. The number of ether oxygens (including phenoxy) is 2. The fraction of sp³-hybridized carbons (Fsp3) is 0.255. The molecule has 0 atom stereocenters. The summed E-state index contributed by atoms with van der Waals surface area (Å²) in [5.41, 5.74) is 4.56. The Hall–Kier alpha value is -5.82. The Bertz CT molecular complexity index is 2810. The molecule has 69 heavy (non-hydrogen) atoms. The third-order valence-electron chi connectivity index (χ3n) is 10.3. The molecule has 5 aromatic carbocycles. The molecule has 0 saturated heterocycles. The Morgan fingerprint density at radius 3 is 1.83 bits per heavy atom. The van der Waals surface area contributed by atoms with Gasteiger partial charge in [-0.1, -0.05) is 48.5 Å². The lowest BCUT2D eigenvalue weighted by Gasteiger charge is -2.09. The fourth-order valence-electron chi connectivity index (χ4n) is 6.69. The van der Waals surface area contributed by atoms with E-state index in [0.29, 0.717) is 57.8 Å². The van der Waals surface area contributed by atoms with E-state index in [1.807, 2.05) is 81.4 Å². The Kier molecular flexibility index (Phi) is 18.4. The summed E-state index contributed by atoms with van der Waals surface area (Å²) < 4.78 is 88.3. The van der Waals surface area contributed by atoms with Gasteiger partial charge in [0, 0.05) is 55.0 Å². The monoisotopic (exact) mass is 1020 g/mol. The normalized spacial score (nSPS) is 11.5. The molecule has 0 radical (unpaired) electrons. The number of halogens is 6. The second-order valence-corrected chi connectivity index (χ2v) is 19.8. The van der Waals surface area contributed by atoms with Crippen molar-refractivity contribution in [3.8, 4) is 32.6 Å².